The molecule has 0 aliphatic carbocycles. The molecule has 5 nitrogen and oxygen atoms in total. The van der Waals surface area contributed by atoms with Crippen LogP contribution in [0.4, 0.5) is 0 Å². The standard InChI is InChI=1S/C6H5N3O2/c1-3-7-2-4-5(8-3)11-6(10)9-4/h2H,1H3,(H,9,10). The second kappa shape index (κ2) is 1.91. The summed E-state index contributed by atoms with van der Waals surface area (Å²) in [7, 11) is 0. The highest BCUT2D eigenvalue weighted by Gasteiger charge is 2.00. The molecule has 0 aliphatic heterocycles. The summed E-state index contributed by atoms with van der Waals surface area (Å²) in [5.41, 5.74) is 0.836. The summed E-state index contributed by atoms with van der Waals surface area (Å²) in [5, 5.41) is 0. The second-order valence-corrected chi connectivity index (χ2v) is 2.15. The molecule has 2 heterocycles. The fourth-order valence-electron chi connectivity index (χ4n) is 0.836. The average molecular weight is 151 g/mol. The summed E-state index contributed by atoms with van der Waals surface area (Å²) in [5.74, 6) is 0.0835. The zero-order chi connectivity index (χ0) is 7.84. The zero-order valence-electron chi connectivity index (χ0n) is 5.79. The van der Waals surface area contributed by atoms with Gasteiger partial charge in [-0.25, -0.2) is 9.78 Å². The highest BCUT2D eigenvalue weighted by atomic mass is 16.4. The van der Waals surface area contributed by atoms with Crippen LogP contribution >= 0.6 is 0 Å². The molecular formula is C6H5N3O2. The Balaban J connectivity index is 2.92. The summed E-state index contributed by atoms with van der Waals surface area (Å²) < 4.78 is 4.69. The Hall–Kier alpha value is -1.65. The van der Waals surface area contributed by atoms with E-state index in [-0.39, 0.29) is 0 Å². The van der Waals surface area contributed by atoms with Crippen LogP contribution in [0.5, 0.6) is 0 Å². The maximum atomic E-state index is 10.6. The third-order valence-corrected chi connectivity index (χ3v) is 1.30. The van der Waals surface area contributed by atoms with E-state index in [4.69, 9.17) is 0 Å². The molecule has 2 aromatic heterocycles. The van der Waals surface area contributed by atoms with Crippen molar-refractivity contribution in [1.29, 1.82) is 0 Å². The van der Waals surface area contributed by atoms with Crippen molar-refractivity contribution in [2.45, 2.75) is 6.92 Å². The number of hydrogen-bond donors (Lipinski definition) is 1. The molecule has 0 bridgehead atoms. The van der Waals surface area contributed by atoms with Crippen molar-refractivity contribution in [2.24, 2.45) is 0 Å². The van der Waals surface area contributed by atoms with Gasteiger partial charge in [-0.05, 0) is 6.92 Å². The first-order valence-electron chi connectivity index (χ1n) is 3.08. The third-order valence-electron chi connectivity index (χ3n) is 1.30. The van der Waals surface area contributed by atoms with Crippen LogP contribution in [0.15, 0.2) is 15.4 Å². The van der Waals surface area contributed by atoms with Crippen molar-refractivity contribution in [3.8, 4) is 0 Å². The van der Waals surface area contributed by atoms with E-state index in [1.165, 1.54) is 6.20 Å². The Labute approximate surface area is 61.1 Å². The lowest BCUT2D eigenvalue weighted by Gasteiger charge is -1.86. The zero-order valence-corrected chi connectivity index (χ0v) is 5.79. The van der Waals surface area contributed by atoms with Crippen LogP contribution in [-0.2, 0) is 0 Å². The molecule has 0 aliphatic rings. The van der Waals surface area contributed by atoms with Gasteiger partial charge in [0.1, 0.15) is 11.3 Å². The van der Waals surface area contributed by atoms with Gasteiger partial charge in [-0.15, -0.1) is 0 Å². The minimum Gasteiger partial charge on any atom is -0.389 e. The van der Waals surface area contributed by atoms with Gasteiger partial charge < -0.3 is 4.42 Å². The Bertz CT molecular complexity index is 442. The minimum absolute atomic E-state index is 0.308. The van der Waals surface area contributed by atoms with Gasteiger partial charge >= 0.3 is 5.76 Å². The molecule has 56 valence electrons. The first kappa shape index (κ1) is 6.09. The summed E-state index contributed by atoms with van der Waals surface area (Å²) in [6.45, 7) is 1.73. The van der Waals surface area contributed by atoms with Crippen molar-refractivity contribution in [3.05, 3.63) is 22.6 Å². The number of rotatable bonds is 0. The molecule has 0 saturated heterocycles. The first-order valence-corrected chi connectivity index (χ1v) is 3.08. The summed E-state index contributed by atoms with van der Waals surface area (Å²) in [6, 6.07) is 0. The average Bonchev–Trinajstić information content (AvgIpc) is 2.27. The number of hydrogen-bond acceptors (Lipinski definition) is 4. The number of aryl methyl sites for hydroxylation is 1. The first-order chi connectivity index (χ1) is 5.25. The van der Waals surface area contributed by atoms with E-state index in [1.807, 2.05) is 0 Å². The number of nitrogens with zero attached hydrogens (tertiary/aromatic N) is 2. The van der Waals surface area contributed by atoms with E-state index in [9.17, 15) is 4.79 Å². The Kier molecular flexibility index (Phi) is 1.06. The molecule has 0 unspecified atom stereocenters. The van der Waals surface area contributed by atoms with Gasteiger partial charge in [0.25, 0.3) is 5.71 Å². The van der Waals surface area contributed by atoms with E-state index in [0.717, 1.165) is 0 Å². The fraction of sp³-hybridized carbons (Fsp3) is 0.167. The lowest BCUT2D eigenvalue weighted by Crippen LogP contribution is -1.92. The van der Waals surface area contributed by atoms with Gasteiger partial charge in [-0.1, -0.05) is 0 Å². The molecule has 0 saturated carbocycles. The van der Waals surface area contributed by atoms with E-state index in [0.29, 0.717) is 17.1 Å². The number of nitrogens with one attached hydrogen (secondary N) is 1. The van der Waals surface area contributed by atoms with Crippen LogP contribution in [0.3, 0.4) is 0 Å². The largest absolute Gasteiger partial charge is 0.418 e. The monoisotopic (exact) mass is 151 g/mol. The van der Waals surface area contributed by atoms with E-state index >= 15 is 0 Å². The van der Waals surface area contributed by atoms with Crippen LogP contribution in [-0.4, -0.2) is 15.0 Å². The smallest absolute Gasteiger partial charge is 0.389 e. The number of H-pyrrole nitrogens is 1. The molecule has 0 atom stereocenters. The fourth-order valence-corrected chi connectivity index (χ4v) is 0.836. The third kappa shape index (κ3) is 0.899. The van der Waals surface area contributed by atoms with Gasteiger partial charge in [0.15, 0.2) is 0 Å². The highest BCUT2D eigenvalue weighted by Crippen LogP contribution is 2.02. The van der Waals surface area contributed by atoms with E-state index < -0.39 is 5.76 Å². The number of aromatic amines is 1. The number of aromatic nitrogens is 3. The topological polar surface area (TPSA) is 71.8 Å². The molecule has 2 rings (SSSR count). The molecule has 0 amide bonds. The van der Waals surface area contributed by atoms with Crippen molar-refractivity contribution in [2.75, 3.05) is 0 Å². The number of fused-ring (bicyclic) bond motifs is 1. The van der Waals surface area contributed by atoms with Crippen LogP contribution < -0.4 is 5.76 Å². The van der Waals surface area contributed by atoms with Gasteiger partial charge in [0.05, 0.1) is 6.20 Å². The molecule has 0 radical (unpaired) electrons. The summed E-state index contributed by atoms with van der Waals surface area (Å²) in [4.78, 5) is 20.8. The van der Waals surface area contributed by atoms with Gasteiger partial charge in [-0.2, -0.15) is 4.98 Å². The Morgan fingerprint density at radius 1 is 1.64 bits per heavy atom. The van der Waals surface area contributed by atoms with Crippen molar-refractivity contribution in [3.63, 3.8) is 0 Å². The normalized spacial score (nSPS) is 10.6. The molecule has 5 heteroatoms. The molecule has 2 aromatic rings. The lowest BCUT2D eigenvalue weighted by atomic mass is 10.5. The second-order valence-electron chi connectivity index (χ2n) is 2.15. The molecule has 0 aromatic carbocycles. The maximum absolute atomic E-state index is 10.6. The van der Waals surface area contributed by atoms with Crippen molar-refractivity contribution >= 4 is 11.2 Å². The highest BCUT2D eigenvalue weighted by molar-refractivity contribution is 5.65. The molecule has 0 spiro atoms. The predicted octanol–water partition coefficient (Wildman–Crippen LogP) is 0.220. The lowest BCUT2D eigenvalue weighted by molar-refractivity contribution is 0.544. The van der Waals surface area contributed by atoms with Crippen molar-refractivity contribution < 1.29 is 4.42 Å². The summed E-state index contributed by atoms with van der Waals surface area (Å²) >= 11 is 0. The van der Waals surface area contributed by atoms with Gasteiger partial charge in [-0.3, -0.25) is 4.98 Å². The molecule has 1 N–H and O–H groups in total. The van der Waals surface area contributed by atoms with Crippen LogP contribution in [0.1, 0.15) is 5.82 Å². The maximum Gasteiger partial charge on any atom is 0.418 e. The predicted molar refractivity (Wildman–Crippen MR) is 37.2 cm³/mol. The van der Waals surface area contributed by atoms with Gasteiger partial charge in [0.2, 0.25) is 0 Å². The van der Waals surface area contributed by atoms with Crippen LogP contribution in [0.25, 0.3) is 11.2 Å². The van der Waals surface area contributed by atoms with Crippen LogP contribution in [0.2, 0.25) is 0 Å². The molecule has 0 fully saturated rings. The SMILES string of the molecule is Cc1ncc2[nH]c(=O)oc2n1. The minimum atomic E-state index is -0.500. The van der Waals surface area contributed by atoms with Gasteiger partial charge in [0, 0.05) is 0 Å². The molecule has 11 heavy (non-hydrogen) atoms. The Morgan fingerprint density at radius 2 is 2.45 bits per heavy atom. The molecular weight excluding hydrogens is 146 g/mol. The van der Waals surface area contributed by atoms with Crippen LogP contribution in [0, 0.1) is 6.92 Å². The Morgan fingerprint density at radius 3 is 3.27 bits per heavy atom. The van der Waals surface area contributed by atoms with E-state index in [1.54, 1.807) is 6.92 Å². The summed E-state index contributed by atoms with van der Waals surface area (Å²) in [6.07, 6.45) is 1.52. The van der Waals surface area contributed by atoms with E-state index in [2.05, 4.69) is 19.4 Å². The number of oxazole rings is 1. The quantitative estimate of drug-likeness (QED) is 0.584. The van der Waals surface area contributed by atoms with Crippen molar-refractivity contribution in [1.82, 2.24) is 15.0 Å².